The summed E-state index contributed by atoms with van der Waals surface area (Å²) in [5.41, 5.74) is 2.99. The van der Waals surface area contributed by atoms with E-state index >= 15 is 0 Å². The number of hydrogen-bond donors (Lipinski definition) is 1. The molecule has 84 valence electrons. The van der Waals surface area contributed by atoms with Crippen LogP contribution in [-0.4, -0.2) is 23.3 Å². The first-order chi connectivity index (χ1) is 6.58. The SMILES string of the molecule is C#CC(C)(N)C(=O)OC(=O)OC(C)(C)C. The zero-order valence-electron chi connectivity index (χ0n) is 9.29. The third-order valence-corrected chi connectivity index (χ3v) is 1.29. The van der Waals surface area contributed by atoms with Gasteiger partial charge in [-0.15, -0.1) is 6.42 Å². The largest absolute Gasteiger partial charge is 0.516 e. The normalized spacial score (nSPS) is 14.7. The van der Waals surface area contributed by atoms with Crippen molar-refractivity contribution in [1.82, 2.24) is 0 Å². The number of ether oxygens (including phenoxy) is 2. The van der Waals surface area contributed by atoms with Crippen molar-refractivity contribution in [2.24, 2.45) is 5.73 Å². The molecular weight excluding hydrogens is 198 g/mol. The van der Waals surface area contributed by atoms with Crippen molar-refractivity contribution < 1.29 is 19.1 Å². The van der Waals surface area contributed by atoms with E-state index in [9.17, 15) is 9.59 Å². The van der Waals surface area contributed by atoms with Crippen LogP contribution in [0.15, 0.2) is 0 Å². The van der Waals surface area contributed by atoms with E-state index in [1.54, 1.807) is 20.8 Å². The number of carbonyl (C=O) groups is 2. The Labute approximate surface area is 88.9 Å². The summed E-state index contributed by atoms with van der Waals surface area (Å²) in [6, 6.07) is 0. The van der Waals surface area contributed by atoms with Crippen molar-refractivity contribution in [3.8, 4) is 12.3 Å². The molecule has 0 rings (SSSR count). The summed E-state index contributed by atoms with van der Waals surface area (Å²) in [4.78, 5) is 22.2. The molecule has 0 fully saturated rings. The molecule has 0 saturated heterocycles. The van der Waals surface area contributed by atoms with Crippen LogP contribution >= 0.6 is 0 Å². The molecule has 15 heavy (non-hydrogen) atoms. The molecule has 0 aliphatic carbocycles. The van der Waals surface area contributed by atoms with Crippen molar-refractivity contribution in [2.75, 3.05) is 0 Å². The first kappa shape index (κ1) is 13.5. The summed E-state index contributed by atoms with van der Waals surface area (Å²) in [6.45, 7) is 6.18. The summed E-state index contributed by atoms with van der Waals surface area (Å²) in [5, 5.41) is 0. The second-order valence-corrected chi connectivity index (χ2v) is 4.20. The van der Waals surface area contributed by atoms with Gasteiger partial charge in [0.1, 0.15) is 5.60 Å². The van der Waals surface area contributed by atoms with E-state index in [4.69, 9.17) is 16.9 Å². The number of hydrogen-bond acceptors (Lipinski definition) is 5. The molecule has 5 nitrogen and oxygen atoms in total. The highest BCUT2D eigenvalue weighted by atomic mass is 16.7. The maximum absolute atomic E-state index is 11.2. The standard InChI is InChI=1S/C10H15NO4/c1-6-10(5,11)7(12)14-8(13)15-9(2,3)4/h1H,11H2,2-5H3. The number of terminal acetylenes is 1. The molecule has 0 aromatic heterocycles. The second-order valence-electron chi connectivity index (χ2n) is 4.20. The molecule has 0 amide bonds. The fourth-order valence-corrected chi connectivity index (χ4v) is 0.511. The zero-order chi connectivity index (χ0) is 12.3. The molecule has 1 atom stereocenters. The minimum Gasteiger partial charge on any atom is -0.428 e. The molecule has 0 aromatic carbocycles. The van der Waals surface area contributed by atoms with Gasteiger partial charge in [0, 0.05) is 0 Å². The molecule has 1 unspecified atom stereocenters. The van der Waals surface area contributed by atoms with Gasteiger partial charge in [-0.3, -0.25) is 0 Å². The lowest BCUT2D eigenvalue weighted by Crippen LogP contribution is -2.46. The maximum Gasteiger partial charge on any atom is 0.516 e. The van der Waals surface area contributed by atoms with Crippen LogP contribution in [0.25, 0.3) is 0 Å². The summed E-state index contributed by atoms with van der Waals surface area (Å²) < 4.78 is 9.06. The average Bonchev–Trinajstić information content (AvgIpc) is 2.00. The predicted molar refractivity (Wildman–Crippen MR) is 53.8 cm³/mol. The van der Waals surface area contributed by atoms with E-state index < -0.39 is 23.3 Å². The van der Waals surface area contributed by atoms with Crippen molar-refractivity contribution in [3.63, 3.8) is 0 Å². The van der Waals surface area contributed by atoms with Crippen molar-refractivity contribution in [2.45, 2.75) is 38.8 Å². The van der Waals surface area contributed by atoms with Gasteiger partial charge in [0.05, 0.1) is 0 Å². The molecule has 0 saturated carbocycles. The average molecular weight is 213 g/mol. The lowest BCUT2D eigenvalue weighted by Gasteiger charge is -2.20. The van der Waals surface area contributed by atoms with Crippen molar-refractivity contribution in [3.05, 3.63) is 0 Å². The van der Waals surface area contributed by atoms with Crippen LogP contribution in [0.5, 0.6) is 0 Å². The Bertz CT molecular complexity index is 306. The maximum atomic E-state index is 11.2. The number of nitrogens with two attached hydrogens (primary N) is 1. The van der Waals surface area contributed by atoms with Crippen LogP contribution in [-0.2, 0) is 14.3 Å². The fourth-order valence-electron chi connectivity index (χ4n) is 0.511. The van der Waals surface area contributed by atoms with Gasteiger partial charge in [-0.05, 0) is 27.7 Å². The fraction of sp³-hybridized carbons (Fsp3) is 0.600. The van der Waals surface area contributed by atoms with Crippen LogP contribution < -0.4 is 5.73 Å². The Kier molecular flexibility index (Phi) is 3.88. The number of rotatable bonds is 1. The molecule has 5 heteroatoms. The highest BCUT2D eigenvalue weighted by Gasteiger charge is 2.31. The number of esters is 1. The summed E-state index contributed by atoms with van der Waals surface area (Å²) in [6.07, 6.45) is 3.87. The quantitative estimate of drug-likeness (QED) is 0.396. The van der Waals surface area contributed by atoms with Crippen LogP contribution in [0.3, 0.4) is 0 Å². The van der Waals surface area contributed by atoms with E-state index in [2.05, 4.69) is 4.74 Å². The minimum absolute atomic E-state index is 0.738. The lowest BCUT2D eigenvalue weighted by molar-refractivity contribution is -0.144. The van der Waals surface area contributed by atoms with E-state index in [-0.39, 0.29) is 0 Å². The minimum atomic E-state index is -1.63. The highest BCUT2D eigenvalue weighted by Crippen LogP contribution is 2.09. The van der Waals surface area contributed by atoms with Gasteiger partial charge >= 0.3 is 12.1 Å². The number of carbonyl (C=O) groups excluding carboxylic acids is 2. The van der Waals surface area contributed by atoms with Gasteiger partial charge in [-0.1, -0.05) is 5.92 Å². The molecular formula is C10H15NO4. The lowest BCUT2D eigenvalue weighted by atomic mass is 10.1. The molecule has 0 bridgehead atoms. The third kappa shape index (κ3) is 5.03. The Hall–Kier alpha value is -1.54. The Balaban J connectivity index is 4.35. The molecule has 0 aromatic rings. The van der Waals surface area contributed by atoms with Gasteiger partial charge in [0.25, 0.3) is 0 Å². The summed E-state index contributed by atoms with van der Waals surface area (Å²) >= 11 is 0. The highest BCUT2D eigenvalue weighted by molar-refractivity contribution is 5.91. The van der Waals surface area contributed by atoms with Crippen LogP contribution in [0.4, 0.5) is 4.79 Å². The Morgan fingerprint density at radius 2 is 1.73 bits per heavy atom. The Morgan fingerprint density at radius 3 is 2.07 bits per heavy atom. The van der Waals surface area contributed by atoms with Crippen molar-refractivity contribution in [1.29, 1.82) is 0 Å². The molecule has 0 spiro atoms. The summed E-state index contributed by atoms with van der Waals surface area (Å²) in [7, 11) is 0. The van der Waals surface area contributed by atoms with Crippen LogP contribution in [0, 0.1) is 12.3 Å². The van der Waals surface area contributed by atoms with Gasteiger partial charge in [-0.2, -0.15) is 0 Å². The molecule has 0 aliphatic rings. The van der Waals surface area contributed by atoms with Crippen molar-refractivity contribution >= 4 is 12.1 Å². The van der Waals surface area contributed by atoms with E-state index in [1.165, 1.54) is 6.92 Å². The molecule has 0 radical (unpaired) electrons. The zero-order valence-corrected chi connectivity index (χ0v) is 9.29. The molecule has 2 N–H and O–H groups in total. The van der Waals surface area contributed by atoms with Gasteiger partial charge in [-0.25, -0.2) is 9.59 Å². The molecule has 0 heterocycles. The van der Waals surface area contributed by atoms with E-state index in [0.717, 1.165) is 0 Å². The van der Waals surface area contributed by atoms with Crippen LogP contribution in [0.2, 0.25) is 0 Å². The third-order valence-electron chi connectivity index (χ3n) is 1.29. The Morgan fingerprint density at radius 1 is 1.27 bits per heavy atom. The summed E-state index contributed by atoms with van der Waals surface area (Å²) in [5.74, 6) is 0.990. The van der Waals surface area contributed by atoms with Gasteiger partial charge < -0.3 is 15.2 Å². The molecule has 0 aliphatic heterocycles. The van der Waals surface area contributed by atoms with Gasteiger partial charge in [0.2, 0.25) is 0 Å². The monoisotopic (exact) mass is 213 g/mol. The van der Waals surface area contributed by atoms with Gasteiger partial charge in [0.15, 0.2) is 5.54 Å². The smallest absolute Gasteiger partial charge is 0.428 e. The van der Waals surface area contributed by atoms with E-state index in [0.29, 0.717) is 0 Å². The predicted octanol–water partition coefficient (Wildman–Crippen LogP) is 0.815. The first-order valence-corrected chi connectivity index (χ1v) is 4.30. The van der Waals surface area contributed by atoms with Crippen LogP contribution in [0.1, 0.15) is 27.7 Å². The first-order valence-electron chi connectivity index (χ1n) is 4.30. The second kappa shape index (κ2) is 4.32. The van der Waals surface area contributed by atoms with E-state index in [1.807, 2.05) is 5.92 Å². The topological polar surface area (TPSA) is 78.6 Å².